The van der Waals surface area contributed by atoms with Crippen LogP contribution in [0.1, 0.15) is 26.5 Å². The molecule has 0 fully saturated rings. The first-order valence-electron chi connectivity index (χ1n) is 6.74. The van der Waals surface area contributed by atoms with Crippen LogP contribution in [0.25, 0.3) is 0 Å². The summed E-state index contributed by atoms with van der Waals surface area (Å²) in [6.07, 6.45) is 1.51. The van der Waals surface area contributed by atoms with Crippen LogP contribution in [0, 0.1) is 0 Å². The Morgan fingerprint density at radius 3 is 2.86 bits per heavy atom. The molecule has 0 radical (unpaired) electrons. The van der Waals surface area contributed by atoms with Gasteiger partial charge >= 0.3 is 5.97 Å². The quantitative estimate of drug-likeness (QED) is 0.800. The van der Waals surface area contributed by atoms with Gasteiger partial charge in [-0.1, -0.05) is 0 Å². The van der Waals surface area contributed by atoms with Crippen LogP contribution in [0.3, 0.4) is 0 Å². The van der Waals surface area contributed by atoms with E-state index < -0.39 is 5.97 Å². The highest BCUT2D eigenvalue weighted by Crippen LogP contribution is 2.17. The third-order valence-corrected chi connectivity index (χ3v) is 3.51. The number of amides is 1. The van der Waals surface area contributed by atoms with Crippen molar-refractivity contribution in [3.63, 3.8) is 0 Å². The highest BCUT2D eigenvalue weighted by molar-refractivity contribution is 5.94. The van der Waals surface area contributed by atoms with Crippen molar-refractivity contribution < 1.29 is 14.3 Å². The van der Waals surface area contributed by atoms with E-state index in [0.717, 1.165) is 5.69 Å². The number of nitrogens with two attached hydrogens (primary N) is 1. The molecule has 0 saturated heterocycles. The first kappa shape index (κ1) is 14.1. The maximum Gasteiger partial charge on any atom is 0.358 e. The number of hydrogen-bond donors (Lipinski definition) is 1. The summed E-state index contributed by atoms with van der Waals surface area (Å²) in [6.45, 7) is 1.42. The fraction of sp³-hybridized carbons (Fsp3) is 0.286. The summed E-state index contributed by atoms with van der Waals surface area (Å²) in [5, 5.41) is 4.18. The van der Waals surface area contributed by atoms with E-state index in [4.69, 9.17) is 5.73 Å². The van der Waals surface area contributed by atoms with Crippen LogP contribution in [0.15, 0.2) is 24.4 Å². The molecule has 0 unspecified atom stereocenters. The molecule has 0 aliphatic carbocycles. The third-order valence-electron chi connectivity index (χ3n) is 3.51. The number of rotatable bonds is 2. The van der Waals surface area contributed by atoms with Gasteiger partial charge in [0.25, 0.3) is 5.91 Å². The molecule has 0 atom stereocenters. The maximum absolute atomic E-state index is 12.5. The number of fused-ring (bicyclic) bond motifs is 1. The van der Waals surface area contributed by atoms with Gasteiger partial charge in [0, 0.05) is 18.3 Å². The van der Waals surface area contributed by atoms with E-state index in [-0.39, 0.29) is 11.6 Å². The molecule has 114 valence electrons. The van der Waals surface area contributed by atoms with Crippen molar-refractivity contribution in [3.8, 4) is 0 Å². The summed E-state index contributed by atoms with van der Waals surface area (Å²) in [5.74, 6) is -0.302. The van der Waals surface area contributed by atoms with Gasteiger partial charge in [0.2, 0.25) is 0 Å². The first-order valence-corrected chi connectivity index (χ1v) is 6.74. The van der Waals surface area contributed by atoms with Crippen molar-refractivity contribution in [3.05, 3.63) is 41.3 Å². The number of ether oxygens (including phenoxy) is 1. The van der Waals surface area contributed by atoms with Gasteiger partial charge in [-0.15, -0.1) is 0 Å². The summed E-state index contributed by atoms with van der Waals surface area (Å²) >= 11 is 0. The maximum atomic E-state index is 12.5. The van der Waals surface area contributed by atoms with E-state index >= 15 is 0 Å². The first-order chi connectivity index (χ1) is 10.6. The smallest absolute Gasteiger partial charge is 0.358 e. The molecular weight excluding hydrogens is 286 g/mol. The highest BCUT2D eigenvalue weighted by atomic mass is 16.5. The van der Waals surface area contributed by atoms with Crippen molar-refractivity contribution in [2.24, 2.45) is 0 Å². The van der Waals surface area contributed by atoms with Crippen LogP contribution >= 0.6 is 0 Å². The molecule has 22 heavy (non-hydrogen) atoms. The molecule has 8 nitrogen and oxygen atoms in total. The predicted molar refractivity (Wildman–Crippen MR) is 77.0 cm³/mol. The van der Waals surface area contributed by atoms with Crippen molar-refractivity contribution in [1.82, 2.24) is 19.7 Å². The zero-order valence-corrected chi connectivity index (χ0v) is 12.0. The van der Waals surface area contributed by atoms with Gasteiger partial charge in [-0.05, 0) is 18.2 Å². The van der Waals surface area contributed by atoms with Gasteiger partial charge in [-0.3, -0.25) is 9.48 Å². The molecule has 8 heteroatoms. The minimum Gasteiger partial charge on any atom is -0.464 e. The molecule has 3 rings (SSSR count). The Morgan fingerprint density at radius 2 is 2.14 bits per heavy atom. The second-order valence-electron chi connectivity index (χ2n) is 4.93. The van der Waals surface area contributed by atoms with Crippen molar-refractivity contribution in [2.75, 3.05) is 19.4 Å². The Bertz CT molecular complexity index is 740. The van der Waals surface area contributed by atoms with Crippen LogP contribution in [-0.4, -0.2) is 45.2 Å². The van der Waals surface area contributed by atoms with Gasteiger partial charge < -0.3 is 15.4 Å². The van der Waals surface area contributed by atoms with Gasteiger partial charge in [-0.2, -0.15) is 5.10 Å². The zero-order valence-electron chi connectivity index (χ0n) is 12.0. The average molecular weight is 301 g/mol. The van der Waals surface area contributed by atoms with Gasteiger partial charge in [0.15, 0.2) is 5.69 Å². The lowest BCUT2D eigenvalue weighted by molar-refractivity contribution is 0.0591. The molecule has 3 heterocycles. The molecule has 0 aromatic carbocycles. The fourth-order valence-electron chi connectivity index (χ4n) is 2.41. The summed E-state index contributed by atoms with van der Waals surface area (Å²) in [5.41, 5.74) is 7.14. The Morgan fingerprint density at radius 1 is 1.32 bits per heavy atom. The number of methoxy groups -OCH3 is 1. The third kappa shape index (κ3) is 2.50. The van der Waals surface area contributed by atoms with Crippen LogP contribution < -0.4 is 5.73 Å². The number of aromatic nitrogens is 3. The van der Waals surface area contributed by atoms with E-state index in [9.17, 15) is 9.59 Å². The van der Waals surface area contributed by atoms with E-state index in [1.165, 1.54) is 13.3 Å². The lowest BCUT2D eigenvalue weighted by atomic mass is 10.2. The summed E-state index contributed by atoms with van der Waals surface area (Å²) in [4.78, 5) is 29.6. The van der Waals surface area contributed by atoms with E-state index in [1.54, 1.807) is 27.8 Å². The van der Waals surface area contributed by atoms with E-state index in [2.05, 4.69) is 14.8 Å². The number of esters is 1. The minimum atomic E-state index is -0.485. The molecule has 2 N–H and O–H groups in total. The second-order valence-corrected chi connectivity index (χ2v) is 4.93. The summed E-state index contributed by atoms with van der Waals surface area (Å²) in [7, 11) is 1.31. The van der Waals surface area contributed by atoms with E-state index in [0.29, 0.717) is 31.0 Å². The number of carbonyl (C=O) groups is 2. The molecule has 2 aromatic heterocycles. The average Bonchev–Trinajstić information content (AvgIpc) is 2.96. The number of carbonyl (C=O) groups excluding carboxylic acids is 2. The molecular formula is C14H15N5O3. The lowest BCUT2D eigenvalue weighted by Crippen LogP contribution is -2.38. The highest BCUT2D eigenvalue weighted by Gasteiger charge is 2.25. The number of anilines is 1. The summed E-state index contributed by atoms with van der Waals surface area (Å²) in [6, 6.07) is 4.82. The SMILES string of the molecule is COC(=O)c1cc2n(n1)CCN(C(=O)c1ccnc(N)c1)C2. The van der Waals surface area contributed by atoms with Crippen molar-refractivity contribution in [1.29, 1.82) is 0 Å². The molecule has 2 aromatic rings. The fourth-order valence-corrected chi connectivity index (χ4v) is 2.41. The number of nitrogens with zero attached hydrogens (tertiary/aromatic N) is 4. The van der Waals surface area contributed by atoms with Crippen LogP contribution in [0.2, 0.25) is 0 Å². The zero-order chi connectivity index (χ0) is 15.7. The van der Waals surface area contributed by atoms with Crippen LogP contribution in [0.5, 0.6) is 0 Å². The van der Waals surface area contributed by atoms with Crippen LogP contribution in [0.4, 0.5) is 5.82 Å². The minimum absolute atomic E-state index is 0.124. The van der Waals surface area contributed by atoms with Gasteiger partial charge in [0.1, 0.15) is 5.82 Å². The molecule has 1 aliphatic heterocycles. The molecule has 1 aliphatic rings. The lowest BCUT2D eigenvalue weighted by Gasteiger charge is -2.27. The molecule has 1 amide bonds. The molecule has 0 spiro atoms. The number of pyridine rings is 1. The Balaban J connectivity index is 1.80. The van der Waals surface area contributed by atoms with Gasteiger partial charge in [-0.25, -0.2) is 9.78 Å². The Labute approximate surface area is 126 Å². The Kier molecular flexibility index (Phi) is 3.50. The Hall–Kier alpha value is -2.90. The van der Waals surface area contributed by atoms with Crippen molar-refractivity contribution >= 4 is 17.7 Å². The predicted octanol–water partition coefficient (Wildman–Crippen LogP) is 0.303. The number of nitrogen functional groups attached to an aromatic ring is 1. The standard InChI is InChI=1S/C14H15N5O3/c1-22-14(21)11-7-10-8-18(4-5-19(10)17-11)13(20)9-2-3-16-12(15)6-9/h2-3,6-7H,4-5,8H2,1H3,(H2,15,16). The van der Waals surface area contributed by atoms with E-state index in [1.807, 2.05) is 0 Å². The summed E-state index contributed by atoms with van der Waals surface area (Å²) < 4.78 is 6.37. The van der Waals surface area contributed by atoms with Crippen molar-refractivity contribution in [2.45, 2.75) is 13.1 Å². The molecule has 0 saturated carbocycles. The van der Waals surface area contributed by atoms with Gasteiger partial charge in [0.05, 0.1) is 25.9 Å². The monoisotopic (exact) mass is 301 g/mol. The largest absolute Gasteiger partial charge is 0.464 e. The van der Waals surface area contributed by atoms with Crippen LogP contribution in [-0.2, 0) is 17.8 Å². The normalized spacial score (nSPS) is 13.6. The molecule has 0 bridgehead atoms. The topological polar surface area (TPSA) is 103 Å². The number of hydrogen-bond acceptors (Lipinski definition) is 6. The second kappa shape index (κ2) is 5.47.